The lowest BCUT2D eigenvalue weighted by Crippen LogP contribution is -1.98. The van der Waals surface area contributed by atoms with E-state index in [-0.39, 0.29) is 0 Å². The van der Waals surface area contributed by atoms with Gasteiger partial charge in [-0.05, 0) is 43.9 Å². The quantitative estimate of drug-likeness (QED) is 0.567. The van der Waals surface area contributed by atoms with E-state index in [1.807, 2.05) is 6.20 Å². The fraction of sp³-hybridized carbons (Fsp3) is 0.750. The van der Waals surface area contributed by atoms with Gasteiger partial charge in [-0.2, -0.15) is 0 Å². The molecular weight excluding hydrogens is 158 g/mol. The summed E-state index contributed by atoms with van der Waals surface area (Å²) in [5.41, 5.74) is 1.55. The van der Waals surface area contributed by atoms with Gasteiger partial charge in [-0.3, -0.25) is 4.99 Å². The van der Waals surface area contributed by atoms with Gasteiger partial charge in [0.15, 0.2) is 0 Å². The lowest BCUT2D eigenvalue weighted by Gasteiger charge is -2.12. The third kappa shape index (κ3) is 3.33. The maximum Gasteiger partial charge on any atom is 0.0255 e. The van der Waals surface area contributed by atoms with Crippen LogP contribution >= 0.6 is 0 Å². The van der Waals surface area contributed by atoms with Crippen LogP contribution in [0.1, 0.15) is 51.9 Å². The number of hydrogen-bond acceptors (Lipinski definition) is 1. The van der Waals surface area contributed by atoms with Gasteiger partial charge >= 0.3 is 0 Å². The van der Waals surface area contributed by atoms with E-state index < -0.39 is 0 Å². The number of unbranched alkanes of at least 4 members (excludes halogenated alkanes) is 1. The number of aliphatic imine (C=N–C) groups is 1. The van der Waals surface area contributed by atoms with E-state index in [0.717, 1.165) is 5.92 Å². The van der Waals surface area contributed by atoms with E-state index in [4.69, 9.17) is 0 Å². The van der Waals surface area contributed by atoms with Crippen molar-refractivity contribution in [1.29, 1.82) is 0 Å². The Labute approximate surface area is 82.0 Å². The van der Waals surface area contributed by atoms with E-state index in [0.29, 0.717) is 0 Å². The Hall–Kier alpha value is -0.590. The van der Waals surface area contributed by atoms with Crippen LogP contribution in [0.2, 0.25) is 0 Å². The molecular formula is C12H21N. The van der Waals surface area contributed by atoms with Gasteiger partial charge in [0.05, 0.1) is 0 Å². The molecule has 0 N–H and O–H groups in total. The molecule has 13 heavy (non-hydrogen) atoms. The zero-order chi connectivity index (χ0) is 9.52. The molecule has 1 aliphatic rings. The second-order valence-corrected chi connectivity index (χ2v) is 3.97. The van der Waals surface area contributed by atoms with Crippen molar-refractivity contribution in [3.63, 3.8) is 0 Å². The lowest BCUT2D eigenvalue weighted by molar-refractivity contribution is 0.593. The van der Waals surface area contributed by atoms with Gasteiger partial charge in [-0.15, -0.1) is 0 Å². The molecule has 0 aliphatic heterocycles. The van der Waals surface area contributed by atoms with Crippen LogP contribution in [0, 0.1) is 5.92 Å². The predicted octanol–water partition coefficient (Wildman–Crippen LogP) is 3.95. The normalized spacial score (nSPS) is 19.3. The van der Waals surface area contributed by atoms with Crippen molar-refractivity contribution >= 4 is 6.72 Å². The Morgan fingerprint density at radius 1 is 1.46 bits per heavy atom. The van der Waals surface area contributed by atoms with Gasteiger partial charge in [0, 0.05) is 6.20 Å². The van der Waals surface area contributed by atoms with Gasteiger partial charge in [0.25, 0.3) is 0 Å². The zero-order valence-electron chi connectivity index (χ0n) is 8.76. The summed E-state index contributed by atoms with van der Waals surface area (Å²) >= 11 is 0. The summed E-state index contributed by atoms with van der Waals surface area (Å²) in [5.74, 6) is 0.831. The number of nitrogens with zero attached hydrogens (tertiary/aromatic N) is 1. The smallest absolute Gasteiger partial charge is 0.0255 e. The molecule has 1 fully saturated rings. The molecule has 0 aromatic carbocycles. The van der Waals surface area contributed by atoms with Crippen molar-refractivity contribution in [2.45, 2.75) is 51.9 Å². The first-order valence-electron chi connectivity index (χ1n) is 5.53. The lowest BCUT2D eigenvalue weighted by atomic mass is 9.94. The number of allylic oxidation sites excluding steroid dienone is 1. The van der Waals surface area contributed by atoms with Crippen LogP contribution in [0.25, 0.3) is 0 Å². The minimum absolute atomic E-state index is 0.831. The van der Waals surface area contributed by atoms with Gasteiger partial charge in [0.1, 0.15) is 0 Å². The zero-order valence-corrected chi connectivity index (χ0v) is 8.76. The molecule has 0 amide bonds. The van der Waals surface area contributed by atoms with Gasteiger partial charge in [-0.1, -0.05) is 26.2 Å². The molecule has 1 saturated carbocycles. The SMILES string of the molecule is C=N/C=C(\CCCC)C1CCCC1. The maximum atomic E-state index is 3.92. The van der Waals surface area contributed by atoms with E-state index in [9.17, 15) is 0 Å². The summed E-state index contributed by atoms with van der Waals surface area (Å²) in [4.78, 5) is 3.92. The molecule has 0 aromatic heterocycles. The maximum absolute atomic E-state index is 3.92. The van der Waals surface area contributed by atoms with Crippen LogP contribution in [0.4, 0.5) is 0 Å². The third-order valence-electron chi connectivity index (χ3n) is 2.96. The van der Waals surface area contributed by atoms with Crippen molar-refractivity contribution in [2.75, 3.05) is 0 Å². The van der Waals surface area contributed by atoms with Crippen LogP contribution in [-0.2, 0) is 0 Å². The molecule has 0 unspecified atom stereocenters. The molecule has 0 radical (unpaired) electrons. The summed E-state index contributed by atoms with van der Waals surface area (Å²) in [7, 11) is 0. The minimum atomic E-state index is 0.831. The summed E-state index contributed by atoms with van der Waals surface area (Å²) < 4.78 is 0. The summed E-state index contributed by atoms with van der Waals surface area (Å²) in [6.45, 7) is 5.80. The van der Waals surface area contributed by atoms with E-state index in [1.165, 1.54) is 44.9 Å². The Morgan fingerprint density at radius 2 is 2.15 bits per heavy atom. The summed E-state index contributed by atoms with van der Waals surface area (Å²) in [6, 6.07) is 0. The molecule has 1 aliphatic carbocycles. The first-order valence-corrected chi connectivity index (χ1v) is 5.53. The molecule has 1 rings (SSSR count). The largest absolute Gasteiger partial charge is 0.273 e. The highest BCUT2D eigenvalue weighted by atomic mass is 14.6. The average Bonchev–Trinajstić information content (AvgIpc) is 2.65. The third-order valence-corrected chi connectivity index (χ3v) is 2.96. The molecule has 0 saturated heterocycles. The Bertz CT molecular complexity index is 176. The Kier molecular flexibility index (Phi) is 4.81. The molecule has 74 valence electrons. The average molecular weight is 179 g/mol. The number of rotatable bonds is 5. The van der Waals surface area contributed by atoms with Gasteiger partial charge < -0.3 is 0 Å². The van der Waals surface area contributed by atoms with Crippen LogP contribution in [0.5, 0.6) is 0 Å². The van der Waals surface area contributed by atoms with Crippen molar-refractivity contribution in [3.05, 3.63) is 11.8 Å². The summed E-state index contributed by atoms with van der Waals surface area (Å²) in [5, 5.41) is 0. The highest BCUT2D eigenvalue weighted by Crippen LogP contribution is 2.33. The molecule has 0 aromatic rings. The Morgan fingerprint density at radius 3 is 2.69 bits per heavy atom. The molecule has 0 atom stereocenters. The van der Waals surface area contributed by atoms with Gasteiger partial charge in [-0.25, -0.2) is 0 Å². The van der Waals surface area contributed by atoms with E-state index in [1.54, 1.807) is 5.57 Å². The van der Waals surface area contributed by atoms with Crippen LogP contribution < -0.4 is 0 Å². The first kappa shape index (κ1) is 10.5. The topological polar surface area (TPSA) is 12.4 Å². The number of hydrogen-bond donors (Lipinski definition) is 0. The second kappa shape index (κ2) is 5.95. The van der Waals surface area contributed by atoms with Crippen molar-refractivity contribution in [3.8, 4) is 0 Å². The van der Waals surface area contributed by atoms with E-state index in [2.05, 4.69) is 18.6 Å². The predicted molar refractivity (Wildman–Crippen MR) is 59.1 cm³/mol. The van der Waals surface area contributed by atoms with Crippen molar-refractivity contribution in [1.82, 2.24) is 0 Å². The van der Waals surface area contributed by atoms with Crippen LogP contribution in [0.3, 0.4) is 0 Å². The summed E-state index contributed by atoms with van der Waals surface area (Å²) in [6.07, 6.45) is 11.4. The Balaban J connectivity index is 2.45. The standard InChI is InChI=1S/C12H21N/c1-3-4-7-12(10-13-2)11-8-5-6-9-11/h10-11H,2-9H2,1H3/b12-10+. The molecule has 0 spiro atoms. The highest BCUT2D eigenvalue weighted by Gasteiger charge is 2.18. The fourth-order valence-electron chi connectivity index (χ4n) is 2.17. The first-order chi connectivity index (χ1) is 6.38. The van der Waals surface area contributed by atoms with E-state index >= 15 is 0 Å². The fourth-order valence-corrected chi connectivity index (χ4v) is 2.17. The van der Waals surface area contributed by atoms with Crippen LogP contribution in [0.15, 0.2) is 16.8 Å². The van der Waals surface area contributed by atoms with Crippen LogP contribution in [-0.4, -0.2) is 6.72 Å². The minimum Gasteiger partial charge on any atom is -0.273 e. The van der Waals surface area contributed by atoms with Crippen molar-refractivity contribution < 1.29 is 0 Å². The molecule has 1 nitrogen and oxygen atoms in total. The molecule has 0 heterocycles. The second-order valence-electron chi connectivity index (χ2n) is 3.97. The monoisotopic (exact) mass is 179 g/mol. The molecule has 1 heteroatoms. The van der Waals surface area contributed by atoms with Crippen molar-refractivity contribution in [2.24, 2.45) is 10.9 Å². The van der Waals surface area contributed by atoms with Gasteiger partial charge in [0.2, 0.25) is 0 Å². The molecule has 0 bridgehead atoms. The highest BCUT2D eigenvalue weighted by molar-refractivity contribution is 5.27.